The highest BCUT2D eigenvalue weighted by atomic mass is 16.2. The standard InChI is InChI=1S/C18H33N3O/c1-15-7-6-8-16(2)21(15)18(22)20-13-9-17(10-14-20)19-11-4-3-5-12-19/h15-17H,3-14H2,1-2H3/t15-,16-/m0/s1. The minimum atomic E-state index is 0.303. The van der Waals surface area contributed by atoms with Gasteiger partial charge in [-0.05, 0) is 71.9 Å². The van der Waals surface area contributed by atoms with Crippen molar-refractivity contribution in [1.29, 1.82) is 0 Å². The van der Waals surface area contributed by atoms with Gasteiger partial charge in [-0.1, -0.05) is 6.42 Å². The Labute approximate surface area is 135 Å². The molecule has 0 radical (unpaired) electrons. The topological polar surface area (TPSA) is 26.8 Å². The van der Waals surface area contributed by atoms with Gasteiger partial charge in [-0.2, -0.15) is 0 Å². The van der Waals surface area contributed by atoms with Crippen molar-refractivity contribution >= 4 is 6.03 Å². The Bertz CT molecular complexity index is 363. The molecule has 3 aliphatic rings. The van der Waals surface area contributed by atoms with E-state index in [2.05, 4.69) is 28.5 Å². The van der Waals surface area contributed by atoms with Gasteiger partial charge >= 0.3 is 6.03 Å². The van der Waals surface area contributed by atoms with Crippen LogP contribution < -0.4 is 0 Å². The number of hydrogen-bond donors (Lipinski definition) is 0. The average molecular weight is 307 g/mol. The molecule has 0 saturated carbocycles. The number of urea groups is 1. The van der Waals surface area contributed by atoms with Crippen molar-refractivity contribution in [2.24, 2.45) is 0 Å². The van der Waals surface area contributed by atoms with E-state index in [1.165, 1.54) is 64.5 Å². The second-order valence-corrected chi connectivity index (χ2v) is 7.63. The van der Waals surface area contributed by atoms with Crippen LogP contribution in [0, 0.1) is 0 Å². The predicted octanol–water partition coefficient (Wildman–Crippen LogP) is 3.32. The second-order valence-electron chi connectivity index (χ2n) is 7.63. The number of carbonyl (C=O) groups is 1. The second kappa shape index (κ2) is 7.20. The largest absolute Gasteiger partial charge is 0.325 e. The molecule has 3 rings (SSSR count). The molecule has 22 heavy (non-hydrogen) atoms. The van der Waals surface area contributed by atoms with Gasteiger partial charge in [-0.3, -0.25) is 0 Å². The minimum absolute atomic E-state index is 0.303. The SMILES string of the molecule is C[C@H]1CCC[C@H](C)N1C(=O)N1CCC(N2CCCCC2)CC1. The van der Waals surface area contributed by atoms with E-state index in [-0.39, 0.29) is 0 Å². The van der Waals surface area contributed by atoms with E-state index in [9.17, 15) is 4.79 Å². The summed E-state index contributed by atoms with van der Waals surface area (Å²) in [6, 6.07) is 1.85. The third-order valence-corrected chi connectivity index (χ3v) is 6.06. The fourth-order valence-corrected chi connectivity index (χ4v) is 4.67. The molecule has 2 atom stereocenters. The molecule has 3 fully saturated rings. The maximum absolute atomic E-state index is 12.9. The molecule has 4 heteroatoms. The molecule has 0 spiro atoms. The lowest BCUT2D eigenvalue weighted by Crippen LogP contribution is -2.56. The minimum Gasteiger partial charge on any atom is -0.325 e. The fraction of sp³-hybridized carbons (Fsp3) is 0.944. The Morgan fingerprint density at radius 1 is 0.773 bits per heavy atom. The average Bonchev–Trinajstić information content (AvgIpc) is 2.55. The number of likely N-dealkylation sites (tertiary alicyclic amines) is 3. The summed E-state index contributed by atoms with van der Waals surface area (Å²) in [5.74, 6) is 0. The Balaban J connectivity index is 1.53. The number of hydrogen-bond acceptors (Lipinski definition) is 2. The first-order valence-electron chi connectivity index (χ1n) is 9.48. The Morgan fingerprint density at radius 2 is 1.36 bits per heavy atom. The first-order valence-corrected chi connectivity index (χ1v) is 9.48. The van der Waals surface area contributed by atoms with Gasteiger partial charge in [0.05, 0.1) is 0 Å². The number of piperidine rings is 3. The first-order chi connectivity index (χ1) is 10.7. The molecule has 0 aromatic carbocycles. The summed E-state index contributed by atoms with van der Waals surface area (Å²) in [5.41, 5.74) is 0. The van der Waals surface area contributed by atoms with E-state index in [1.54, 1.807) is 0 Å². The first kappa shape index (κ1) is 16.1. The van der Waals surface area contributed by atoms with Crippen molar-refractivity contribution in [3.05, 3.63) is 0 Å². The molecular weight excluding hydrogens is 274 g/mol. The van der Waals surface area contributed by atoms with E-state index >= 15 is 0 Å². The molecule has 0 bridgehead atoms. The summed E-state index contributed by atoms with van der Waals surface area (Å²) in [7, 11) is 0. The van der Waals surface area contributed by atoms with Crippen LogP contribution in [0.15, 0.2) is 0 Å². The Morgan fingerprint density at radius 3 is 1.95 bits per heavy atom. The number of nitrogens with zero attached hydrogens (tertiary/aromatic N) is 3. The van der Waals surface area contributed by atoms with E-state index in [1.807, 2.05) is 0 Å². The van der Waals surface area contributed by atoms with Gasteiger partial charge < -0.3 is 14.7 Å². The molecule has 3 aliphatic heterocycles. The molecule has 4 nitrogen and oxygen atoms in total. The summed E-state index contributed by atoms with van der Waals surface area (Å²) >= 11 is 0. The van der Waals surface area contributed by atoms with Crippen LogP contribution in [0.1, 0.15) is 65.2 Å². The van der Waals surface area contributed by atoms with Crippen LogP contribution in [0.4, 0.5) is 4.79 Å². The van der Waals surface area contributed by atoms with E-state index in [0.717, 1.165) is 19.1 Å². The summed E-state index contributed by atoms with van der Waals surface area (Å²) in [6.07, 6.45) is 10.1. The van der Waals surface area contributed by atoms with Gasteiger partial charge in [-0.15, -0.1) is 0 Å². The molecule has 0 aromatic heterocycles. The maximum atomic E-state index is 12.9. The lowest BCUT2D eigenvalue weighted by Gasteiger charge is -2.45. The van der Waals surface area contributed by atoms with Gasteiger partial charge in [0.2, 0.25) is 0 Å². The third-order valence-electron chi connectivity index (χ3n) is 6.06. The molecule has 3 saturated heterocycles. The lowest BCUT2D eigenvalue weighted by atomic mass is 9.97. The number of carbonyl (C=O) groups excluding carboxylic acids is 1. The predicted molar refractivity (Wildman–Crippen MR) is 90.0 cm³/mol. The lowest BCUT2D eigenvalue weighted by molar-refractivity contribution is 0.0649. The van der Waals surface area contributed by atoms with Crippen LogP contribution in [-0.2, 0) is 0 Å². The smallest absolute Gasteiger partial charge is 0.320 e. The van der Waals surface area contributed by atoms with E-state index < -0.39 is 0 Å². The third kappa shape index (κ3) is 3.42. The van der Waals surface area contributed by atoms with E-state index in [0.29, 0.717) is 18.1 Å². The zero-order chi connectivity index (χ0) is 15.5. The normalized spacial score (nSPS) is 32.3. The van der Waals surface area contributed by atoms with Crippen molar-refractivity contribution in [3.8, 4) is 0 Å². The number of rotatable bonds is 1. The van der Waals surface area contributed by atoms with Crippen LogP contribution in [0.3, 0.4) is 0 Å². The van der Waals surface area contributed by atoms with Crippen molar-refractivity contribution in [2.75, 3.05) is 26.2 Å². The summed E-state index contributed by atoms with van der Waals surface area (Å²) in [4.78, 5) is 19.9. The monoisotopic (exact) mass is 307 g/mol. The highest BCUT2D eigenvalue weighted by Crippen LogP contribution is 2.26. The van der Waals surface area contributed by atoms with Crippen LogP contribution in [0.25, 0.3) is 0 Å². The summed E-state index contributed by atoms with van der Waals surface area (Å²) in [6.45, 7) is 8.89. The van der Waals surface area contributed by atoms with Crippen molar-refractivity contribution in [3.63, 3.8) is 0 Å². The summed E-state index contributed by atoms with van der Waals surface area (Å²) in [5, 5.41) is 0. The quantitative estimate of drug-likeness (QED) is 0.743. The van der Waals surface area contributed by atoms with Crippen LogP contribution in [-0.4, -0.2) is 65.0 Å². The zero-order valence-electron chi connectivity index (χ0n) is 14.5. The molecule has 2 amide bonds. The Kier molecular flexibility index (Phi) is 5.27. The molecule has 0 aromatic rings. The highest BCUT2D eigenvalue weighted by molar-refractivity contribution is 5.75. The van der Waals surface area contributed by atoms with Crippen molar-refractivity contribution in [1.82, 2.24) is 14.7 Å². The van der Waals surface area contributed by atoms with Gasteiger partial charge in [0.1, 0.15) is 0 Å². The molecule has 0 unspecified atom stereocenters. The zero-order valence-corrected chi connectivity index (χ0v) is 14.5. The molecule has 3 heterocycles. The highest BCUT2D eigenvalue weighted by Gasteiger charge is 2.34. The number of amides is 2. The van der Waals surface area contributed by atoms with Gasteiger partial charge in [0.25, 0.3) is 0 Å². The van der Waals surface area contributed by atoms with Crippen LogP contribution in [0.5, 0.6) is 0 Å². The molecule has 0 N–H and O–H groups in total. The van der Waals surface area contributed by atoms with Gasteiger partial charge in [0, 0.05) is 31.2 Å². The van der Waals surface area contributed by atoms with Crippen molar-refractivity contribution < 1.29 is 4.79 Å². The Hall–Kier alpha value is -0.770. The van der Waals surface area contributed by atoms with Gasteiger partial charge in [-0.25, -0.2) is 4.79 Å². The van der Waals surface area contributed by atoms with Gasteiger partial charge in [0.15, 0.2) is 0 Å². The maximum Gasteiger partial charge on any atom is 0.320 e. The molecular formula is C18H33N3O. The van der Waals surface area contributed by atoms with E-state index in [4.69, 9.17) is 0 Å². The fourth-order valence-electron chi connectivity index (χ4n) is 4.67. The van der Waals surface area contributed by atoms with Crippen LogP contribution in [0.2, 0.25) is 0 Å². The molecule has 126 valence electrons. The summed E-state index contributed by atoms with van der Waals surface area (Å²) < 4.78 is 0. The van der Waals surface area contributed by atoms with Crippen molar-refractivity contribution in [2.45, 2.75) is 83.3 Å². The van der Waals surface area contributed by atoms with Crippen LogP contribution >= 0.6 is 0 Å². The molecule has 0 aliphatic carbocycles.